The summed E-state index contributed by atoms with van der Waals surface area (Å²) < 4.78 is 14.7. The van der Waals surface area contributed by atoms with Crippen molar-refractivity contribution in [2.45, 2.75) is 25.8 Å². The second-order valence-electron chi connectivity index (χ2n) is 5.62. The van der Waals surface area contributed by atoms with Gasteiger partial charge in [0.1, 0.15) is 5.54 Å². The van der Waals surface area contributed by atoms with E-state index in [1.165, 1.54) is 5.56 Å². The van der Waals surface area contributed by atoms with Crippen molar-refractivity contribution in [2.24, 2.45) is 16.1 Å². The topological polar surface area (TPSA) is 38.4 Å². The lowest BCUT2D eigenvalue weighted by Gasteiger charge is -2.34. The molecule has 0 bridgehead atoms. The van der Waals surface area contributed by atoms with Crippen LogP contribution < -0.4 is 5.73 Å². The molecule has 1 unspecified atom stereocenters. The molecule has 1 heterocycles. The van der Waals surface area contributed by atoms with E-state index in [4.69, 9.17) is 5.73 Å². The highest BCUT2D eigenvalue weighted by Crippen LogP contribution is 2.56. The SMILES string of the molecule is CC1(C)Cc2ccc(Br)cc2C12C=C(F)C(N)=N2. The van der Waals surface area contributed by atoms with Gasteiger partial charge in [-0.1, -0.05) is 35.8 Å². The van der Waals surface area contributed by atoms with Crippen molar-refractivity contribution < 1.29 is 4.39 Å². The molecule has 1 spiro atoms. The number of halogens is 2. The maximum absolute atomic E-state index is 13.7. The lowest BCUT2D eigenvalue weighted by Crippen LogP contribution is -2.34. The minimum atomic E-state index is -0.652. The molecular formula is C14H14BrFN2. The first-order valence-electron chi connectivity index (χ1n) is 5.89. The monoisotopic (exact) mass is 308 g/mol. The Kier molecular flexibility index (Phi) is 2.28. The summed E-state index contributed by atoms with van der Waals surface area (Å²) in [4.78, 5) is 4.44. The molecule has 0 amide bonds. The maximum atomic E-state index is 13.7. The third-order valence-electron chi connectivity index (χ3n) is 4.02. The van der Waals surface area contributed by atoms with Gasteiger partial charge >= 0.3 is 0 Å². The van der Waals surface area contributed by atoms with Crippen LogP contribution in [0.4, 0.5) is 4.39 Å². The average Bonchev–Trinajstić information content (AvgIpc) is 2.68. The molecule has 4 heteroatoms. The van der Waals surface area contributed by atoms with Gasteiger partial charge in [0.2, 0.25) is 0 Å². The van der Waals surface area contributed by atoms with E-state index in [9.17, 15) is 4.39 Å². The number of aliphatic imine (C=N–C) groups is 1. The Balaban J connectivity index is 2.31. The Morgan fingerprint density at radius 3 is 2.72 bits per heavy atom. The highest BCUT2D eigenvalue weighted by Gasteiger charge is 2.53. The Bertz CT molecular complexity index is 584. The number of hydrogen-bond acceptors (Lipinski definition) is 2. The molecule has 0 saturated carbocycles. The number of benzene rings is 1. The zero-order valence-electron chi connectivity index (χ0n) is 10.3. The molecule has 0 aromatic heterocycles. The normalized spacial score (nSPS) is 28.2. The lowest BCUT2D eigenvalue weighted by atomic mass is 9.73. The van der Waals surface area contributed by atoms with E-state index in [0.717, 1.165) is 16.5 Å². The highest BCUT2D eigenvalue weighted by molar-refractivity contribution is 9.10. The molecular weight excluding hydrogens is 295 g/mol. The maximum Gasteiger partial charge on any atom is 0.163 e. The van der Waals surface area contributed by atoms with Crippen LogP contribution in [0.15, 0.2) is 39.6 Å². The van der Waals surface area contributed by atoms with Crippen molar-refractivity contribution in [3.8, 4) is 0 Å². The zero-order chi connectivity index (χ0) is 13.1. The average molecular weight is 309 g/mol. The number of hydrogen-bond donors (Lipinski definition) is 1. The number of amidine groups is 1. The molecule has 1 aliphatic heterocycles. The minimum absolute atomic E-state index is 0.0101. The predicted octanol–water partition coefficient (Wildman–Crippen LogP) is 3.45. The van der Waals surface area contributed by atoms with E-state index in [-0.39, 0.29) is 11.3 Å². The van der Waals surface area contributed by atoms with E-state index in [1.54, 1.807) is 6.08 Å². The highest BCUT2D eigenvalue weighted by atomic mass is 79.9. The Labute approximate surface area is 114 Å². The number of fused-ring (bicyclic) bond motifs is 2. The molecule has 0 radical (unpaired) electrons. The van der Waals surface area contributed by atoms with Crippen LogP contribution in [-0.2, 0) is 12.0 Å². The summed E-state index contributed by atoms with van der Waals surface area (Å²) in [6, 6.07) is 6.11. The number of rotatable bonds is 0. The van der Waals surface area contributed by atoms with Gasteiger partial charge in [0.25, 0.3) is 0 Å². The summed E-state index contributed by atoms with van der Waals surface area (Å²) in [5, 5.41) is 0. The third kappa shape index (κ3) is 1.35. The molecule has 1 aromatic carbocycles. The van der Waals surface area contributed by atoms with E-state index in [2.05, 4.69) is 40.8 Å². The summed E-state index contributed by atoms with van der Waals surface area (Å²) in [7, 11) is 0. The summed E-state index contributed by atoms with van der Waals surface area (Å²) in [6.45, 7) is 4.21. The van der Waals surface area contributed by atoms with Gasteiger partial charge in [-0.25, -0.2) is 9.38 Å². The first kappa shape index (κ1) is 11.9. The standard InChI is InChI=1S/C14H14BrFN2/c1-13(2)6-8-3-4-9(15)5-10(8)14(13)7-11(16)12(17)18-14/h3-5,7H,6H2,1-2H3,(H2,17,18). The lowest BCUT2D eigenvalue weighted by molar-refractivity contribution is 0.247. The molecule has 94 valence electrons. The van der Waals surface area contributed by atoms with Crippen LogP contribution >= 0.6 is 15.9 Å². The van der Waals surface area contributed by atoms with Crippen molar-refractivity contribution in [1.29, 1.82) is 0 Å². The molecule has 0 fully saturated rings. The molecule has 0 saturated heterocycles. The summed E-state index contributed by atoms with van der Waals surface area (Å²) in [6.07, 6.45) is 2.44. The number of nitrogens with zero attached hydrogens (tertiary/aromatic N) is 1. The van der Waals surface area contributed by atoms with Gasteiger partial charge < -0.3 is 5.73 Å². The molecule has 1 aromatic rings. The van der Waals surface area contributed by atoms with Crippen LogP contribution in [0.1, 0.15) is 25.0 Å². The fourth-order valence-corrected chi connectivity index (χ4v) is 3.41. The second kappa shape index (κ2) is 3.44. The summed E-state index contributed by atoms with van der Waals surface area (Å²) >= 11 is 3.47. The fourth-order valence-electron chi connectivity index (χ4n) is 3.05. The van der Waals surface area contributed by atoms with Gasteiger partial charge in [-0.15, -0.1) is 0 Å². The van der Waals surface area contributed by atoms with Crippen LogP contribution in [-0.4, -0.2) is 5.84 Å². The van der Waals surface area contributed by atoms with E-state index >= 15 is 0 Å². The van der Waals surface area contributed by atoms with Gasteiger partial charge in [0, 0.05) is 9.89 Å². The van der Waals surface area contributed by atoms with Crippen LogP contribution in [0, 0.1) is 5.41 Å². The van der Waals surface area contributed by atoms with Crippen LogP contribution in [0.2, 0.25) is 0 Å². The Hall–Kier alpha value is -1.16. The fraction of sp³-hybridized carbons (Fsp3) is 0.357. The number of nitrogens with two attached hydrogens (primary N) is 1. The van der Waals surface area contributed by atoms with Crippen molar-refractivity contribution in [3.63, 3.8) is 0 Å². The first-order valence-corrected chi connectivity index (χ1v) is 6.68. The van der Waals surface area contributed by atoms with Crippen molar-refractivity contribution >= 4 is 21.8 Å². The Morgan fingerprint density at radius 2 is 2.11 bits per heavy atom. The van der Waals surface area contributed by atoms with E-state index in [0.29, 0.717) is 0 Å². The van der Waals surface area contributed by atoms with Gasteiger partial charge in [0.15, 0.2) is 11.7 Å². The van der Waals surface area contributed by atoms with E-state index in [1.807, 2.05) is 12.1 Å². The smallest absolute Gasteiger partial charge is 0.163 e. The second-order valence-corrected chi connectivity index (χ2v) is 6.53. The van der Waals surface area contributed by atoms with Gasteiger partial charge in [-0.2, -0.15) is 0 Å². The molecule has 2 N–H and O–H groups in total. The summed E-state index contributed by atoms with van der Waals surface area (Å²) in [5.41, 5.74) is 7.09. The Morgan fingerprint density at radius 1 is 1.39 bits per heavy atom. The molecule has 3 rings (SSSR count). The van der Waals surface area contributed by atoms with Crippen molar-refractivity contribution in [1.82, 2.24) is 0 Å². The molecule has 18 heavy (non-hydrogen) atoms. The quantitative estimate of drug-likeness (QED) is 0.783. The van der Waals surface area contributed by atoms with Gasteiger partial charge in [-0.05, 0) is 35.8 Å². The zero-order valence-corrected chi connectivity index (χ0v) is 11.9. The predicted molar refractivity (Wildman–Crippen MR) is 74.1 cm³/mol. The molecule has 2 nitrogen and oxygen atoms in total. The van der Waals surface area contributed by atoms with Crippen molar-refractivity contribution in [3.05, 3.63) is 45.7 Å². The van der Waals surface area contributed by atoms with Crippen LogP contribution in [0.3, 0.4) is 0 Å². The van der Waals surface area contributed by atoms with Crippen LogP contribution in [0.5, 0.6) is 0 Å². The van der Waals surface area contributed by atoms with Crippen molar-refractivity contribution in [2.75, 3.05) is 0 Å². The minimum Gasteiger partial charge on any atom is -0.382 e. The summed E-state index contributed by atoms with van der Waals surface area (Å²) in [5.74, 6) is -0.396. The molecule has 2 aliphatic rings. The van der Waals surface area contributed by atoms with Crippen LogP contribution in [0.25, 0.3) is 0 Å². The molecule has 1 aliphatic carbocycles. The van der Waals surface area contributed by atoms with E-state index < -0.39 is 11.4 Å². The third-order valence-corrected chi connectivity index (χ3v) is 4.52. The van der Waals surface area contributed by atoms with Gasteiger partial charge in [0.05, 0.1) is 0 Å². The molecule has 1 atom stereocenters. The first-order chi connectivity index (χ1) is 8.36. The van der Waals surface area contributed by atoms with Gasteiger partial charge in [-0.3, -0.25) is 0 Å². The largest absolute Gasteiger partial charge is 0.382 e.